The maximum absolute atomic E-state index is 7.58. The van der Waals surface area contributed by atoms with Crippen molar-refractivity contribution in [1.29, 1.82) is 5.41 Å². The van der Waals surface area contributed by atoms with Crippen LogP contribution in [0, 0.1) is 11.3 Å². The van der Waals surface area contributed by atoms with E-state index in [0.29, 0.717) is 12.0 Å². The Morgan fingerprint density at radius 2 is 1.68 bits per heavy atom. The normalized spacial score (nSPS) is 16.6. The zero-order valence-electron chi connectivity index (χ0n) is 16.5. The lowest BCUT2D eigenvalue weighted by Gasteiger charge is -2.30. The average molecular weight is 370 g/mol. The van der Waals surface area contributed by atoms with Crippen molar-refractivity contribution < 1.29 is 0 Å². The van der Waals surface area contributed by atoms with Crippen LogP contribution < -0.4 is 11.1 Å². The zero-order chi connectivity index (χ0) is 19.7. The largest absolute Gasteiger partial charge is 0.384 e. The van der Waals surface area contributed by atoms with Crippen LogP contribution in [0.4, 0.5) is 0 Å². The minimum Gasteiger partial charge on any atom is -0.384 e. The average Bonchev–Trinajstić information content (AvgIpc) is 2.70. The number of fused-ring (bicyclic) bond motifs is 2. The molecule has 0 saturated carbocycles. The van der Waals surface area contributed by atoms with E-state index in [-0.39, 0.29) is 5.84 Å². The molecule has 0 aliphatic carbocycles. The van der Waals surface area contributed by atoms with Crippen molar-refractivity contribution >= 4 is 28.8 Å². The molecule has 4 N–H and O–H groups in total. The Morgan fingerprint density at radius 3 is 2.43 bits per heavy atom. The summed E-state index contributed by atoms with van der Waals surface area (Å²) < 4.78 is 0. The van der Waals surface area contributed by atoms with Crippen LogP contribution in [0.15, 0.2) is 54.6 Å². The van der Waals surface area contributed by atoms with Gasteiger partial charge in [0, 0.05) is 11.6 Å². The quantitative estimate of drug-likeness (QED) is 0.339. The number of hydrogen-bond donors (Lipinski definition) is 3. The molecular weight excluding hydrogens is 342 g/mol. The van der Waals surface area contributed by atoms with Crippen molar-refractivity contribution in [1.82, 2.24) is 5.32 Å². The Labute approximate surface area is 166 Å². The fourth-order valence-electron chi connectivity index (χ4n) is 4.03. The molecule has 0 aromatic heterocycles. The molecule has 1 aliphatic heterocycles. The third-order valence-corrected chi connectivity index (χ3v) is 5.57. The Hall–Kier alpha value is -2.91. The summed E-state index contributed by atoms with van der Waals surface area (Å²) in [5.74, 6) is 0.686. The highest BCUT2D eigenvalue weighted by Gasteiger charge is 2.22. The first-order valence-electron chi connectivity index (χ1n) is 9.94. The van der Waals surface area contributed by atoms with Gasteiger partial charge in [-0.1, -0.05) is 62.4 Å². The summed E-state index contributed by atoms with van der Waals surface area (Å²) in [6.45, 7) is 5.62. The monoisotopic (exact) mass is 369 g/mol. The topological polar surface area (TPSA) is 61.9 Å². The van der Waals surface area contributed by atoms with E-state index in [4.69, 9.17) is 11.1 Å². The van der Waals surface area contributed by atoms with Gasteiger partial charge in [0.25, 0.3) is 0 Å². The van der Waals surface area contributed by atoms with Gasteiger partial charge < -0.3 is 11.1 Å². The van der Waals surface area contributed by atoms with Gasteiger partial charge in [-0.2, -0.15) is 0 Å². The summed E-state index contributed by atoms with van der Waals surface area (Å²) in [5, 5.41) is 13.5. The van der Waals surface area contributed by atoms with Crippen LogP contribution in [0.3, 0.4) is 0 Å². The third-order valence-electron chi connectivity index (χ3n) is 5.57. The van der Waals surface area contributed by atoms with Crippen molar-refractivity contribution in [3.8, 4) is 0 Å². The fraction of sp³-hybridized carbons (Fsp3) is 0.240. The Kier molecular flexibility index (Phi) is 5.01. The lowest BCUT2D eigenvalue weighted by atomic mass is 9.87. The molecule has 1 aliphatic rings. The summed E-state index contributed by atoms with van der Waals surface area (Å²) in [5.41, 5.74) is 11.7. The summed E-state index contributed by atoms with van der Waals surface area (Å²) in [6.07, 6.45) is 5.47. The second-order valence-electron chi connectivity index (χ2n) is 7.95. The zero-order valence-corrected chi connectivity index (χ0v) is 16.5. The molecule has 1 unspecified atom stereocenters. The van der Waals surface area contributed by atoms with Gasteiger partial charge in [0.1, 0.15) is 5.84 Å². The molecule has 4 rings (SSSR count). The van der Waals surface area contributed by atoms with Crippen molar-refractivity contribution in [3.05, 3.63) is 82.4 Å². The van der Waals surface area contributed by atoms with Gasteiger partial charge in [-0.3, -0.25) is 5.41 Å². The summed E-state index contributed by atoms with van der Waals surface area (Å²) >= 11 is 0. The van der Waals surface area contributed by atoms with E-state index in [9.17, 15) is 0 Å². The number of benzene rings is 3. The predicted molar refractivity (Wildman–Crippen MR) is 120 cm³/mol. The van der Waals surface area contributed by atoms with Crippen LogP contribution >= 0.6 is 0 Å². The first kappa shape index (κ1) is 18.5. The van der Waals surface area contributed by atoms with E-state index in [2.05, 4.69) is 67.7 Å². The first-order chi connectivity index (χ1) is 13.5. The molecule has 3 nitrogen and oxygen atoms in total. The lowest BCUT2D eigenvalue weighted by molar-refractivity contribution is 0.395. The second-order valence-corrected chi connectivity index (χ2v) is 7.95. The molecule has 3 heteroatoms. The highest BCUT2D eigenvalue weighted by atomic mass is 14.9. The van der Waals surface area contributed by atoms with E-state index < -0.39 is 0 Å². The molecule has 3 aromatic rings. The molecule has 1 heterocycles. The van der Waals surface area contributed by atoms with Crippen molar-refractivity contribution in [2.45, 2.75) is 26.3 Å². The number of rotatable bonds is 4. The van der Waals surface area contributed by atoms with E-state index >= 15 is 0 Å². The Balaban J connectivity index is 1.61. The summed E-state index contributed by atoms with van der Waals surface area (Å²) in [4.78, 5) is 0. The van der Waals surface area contributed by atoms with Gasteiger partial charge in [-0.15, -0.1) is 0 Å². The maximum Gasteiger partial charge on any atom is 0.122 e. The lowest BCUT2D eigenvalue weighted by Crippen LogP contribution is -2.33. The minimum atomic E-state index is 0.104. The highest BCUT2D eigenvalue weighted by molar-refractivity contribution is 5.99. The van der Waals surface area contributed by atoms with Gasteiger partial charge in [-0.25, -0.2) is 0 Å². The van der Waals surface area contributed by atoms with Crippen LogP contribution in [-0.4, -0.2) is 12.4 Å². The summed E-state index contributed by atoms with van der Waals surface area (Å²) in [7, 11) is 0. The van der Waals surface area contributed by atoms with Crippen molar-refractivity contribution in [2.75, 3.05) is 6.54 Å². The summed E-state index contributed by atoms with van der Waals surface area (Å²) in [6, 6.07) is 19.6. The Bertz CT molecular complexity index is 1060. The second kappa shape index (κ2) is 7.61. The molecule has 142 valence electrons. The molecule has 1 atom stereocenters. The highest BCUT2D eigenvalue weighted by Crippen LogP contribution is 2.30. The van der Waals surface area contributed by atoms with Gasteiger partial charge >= 0.3 is 0 Å². The Morgan fingerprint density at radius 1 is 1.00 bits per heavy atom. The van der Waals surface area contributed by atoms with E-state index in [1.54, 1.807) is 0 Å². The molecule has 28 heavy (non-hydrogen) atoms. The van der Waals surface area contributed by atoms with Crippen LogP contribution in [0.25, 0.3) is 22.9 Å². The van der Waals surface area contributed by atoms with Crippen LogP contribution in [-0.2, 0) is 6.42 Å². The maximum atomic E-state index is 7.58. The molecule has 0 bridgehead atoms. The van der Waals surface area contributed by atoms with Gasteiger partial charge in [0.2, 0.25) is 0 Å². The van der Waals surface area contributed by atoms with E-state index in [1.807, 2.05) is 18.2 Å². The fourth-order valence-corrected chi connectivity index (χ4v) is 4.03. The molecule has 0 amide bonds. The molecule has 0 fully saturated rings. The van der Waals surface area contributed by atoms with E-state index in [0.717, 1.165) is 29.3 Å². The molecular formula is C25H27N3. The van der Waals surface area contributed by atoms with Crippen molar-refractivity contribution in [3.63, 3.8) is 0 Å². The van der Waals surface area contributed by atoms with Gasteiger partial charge in [-0.05, 0) is 70.1 Å². The van der Waals surface area contributed by atoms with Crippen molar-refractivity contribution in [2.24, 2.45) is 11.7 Å². The number of amidine groups is 1. The third kappa shape index (κ3) is 3.71. The van der Waals surface area contributed by atoms with Crippen LogP contribution in [0.1, 0.15) is 47.7 Å². The molecule has 0 radical (unpaired) electrons. The van der Waals surface area contributed by atoms with Crippen LogP contribution in [0.2, 0.25) is 0 Å². The molecule has 0 spiro atoms. The van der Waals surface area contributed by atoms with E-state index in [1.165, 1.54) is 22.3 Å². The predicted octanol–water partition coefficient (Wildman–Crippen LogP) is 5.14. The molecule has 0 saturated heterocycles. The smallest absolute Gasteiger partial charge is 0.122 e. The molecule has 3 aromatic carbocycles. The minimum absolute atomic E-state index is 0.104. The standard InChI is InChI=1S/C25H27N3/c1-16(2)24-23-14-18(5-7-19(23)11-12-28-24)4-3-17-6-8-21-15-22(25(26)27)10-9-20(21)13-17/h3-10,13-16,24,28H,11-12H2,1-2H3,(H3,26,27)/b4-3+. The number of nitrogens with two attached hydrogens (primary N) is 1. The number of nitrogens with one attached hydrogen (secondary N) is 2. The van der Waals surface area contributed by atoms with Gasteiger partial charge in [0.15, 0.2) is 0 Å². The first-order valence-corrected chi connectivity index (χ1v) is 9.94. The SMILES string of the molecule is CC(C)C1NCCc2ccc(/C=C/c3ccc4cc(C(=N)N)ccc4c3)cc21. The van der Waals surface area contributed by atoms with Crippen LogP contribution in [0.5, 0.6) is 0 Å². The number of nitrogen functional groups attached to an aromatic ring is 1. The van der Waals surface area contributed by atoms with Gasteiger partial charge in [0.05, 0.1) is 0 Å². The number of hydrogen-bond acceptors (Lipinski definition) is 2.